The van der Waals surface area contributed by atoms with Crippen molar-refractivity contribution in [1.82, 2.24) is 0 Å². The molecule has 0 atom stereocenters. The number of nitrogens with zero attached hydrogens (tertiary/aromatic N) is 3. The summed E-state index contributed by atoms with van der Waals surface area (Å²) in [5, 5.41) is 8.74. The average Bonchev–Trinajstić information content (AvgIpc) is 2.72. The molecule has 0 saturated heterocycles. The van der Waals surface area contributed by atoms with Gasteiger partial charge in [-0.3, -0.25) is 9.69 Å². The van der Waals surface area contributed by atoms with Crippen molar-refractivity contribution < 1.29 is 31.9 Å². The van der Waals surface area contributed by atoms with Crippen LogP contribution in [0.3, 0.4) is 0 Å². The number of thiocarbonyl (C=S) groups is 1. The minimum atomic E-state index is -4.84. The first-order valence-corrected chi connectivity index (χ1v) is 9.75. The number of methoxy groups -OCH3 is 1. The molecule has 0 radical (unpaired) electrons. The number of alkyl halides is 3. The first kappa shape index (κ1) is 25.7. The molecule has 0 bridgehead atoms. The maximum atomic E-state index is 14.6. The van der Waals surface area contributed by atoms with Gasteiger partial charge in [-0.15, -0.1) is 0 Å². The molecule has 0 aromatic heterocycles. The van der Waals surface area contributed by atoms with E-state index in [1.54, 1.807) is 20.8 Å². The van der Waals surface area contributed by atoms with Crippen molar-refractivity contribution >= 4 is 41.1 Å². The highest BCUT2D eigenvalue weighted by Gasteiger charge is 2.36. The molecule has 0 heterocycles. The number of hydrogen-bond donors (Lipinski definition) is 0. The summed E-state index contributed by atoms with van der Waals surface area (Å²) in [6.45, 7) is 5.07. The van der Waals surface area contributed by atoms with Crippen molar-refractivity contribution in [2.45, 2.75) is 32.5 Å². The molecular formula is C22H19F4N3O3S. The molecule has 0 N–H and O–H groups in total. The highest BCUT2D eigenvalue weighted by atomic mass is 32.1. The molecule has 0 spiro atoms. The molecule has 0 unspecified atom stereocenters. The van der Waals surface area contributed by atoms with Crippen molar-refractivity contribution in [3.05, 3.63) is 58.9 Å². The van der Waals surface area contributed by atoms with Gasteiger partial charge in [-0.1, -0.05) is 0 Å². The van der Waals surface area contributed by atoms with Gasteiger partial charge in [0.15, 0.2) is 5.11 Å². The van der Waals surface area contributed by atoms with E-state index in [2.05, 4.69) is 4.74 Å². The zero-order chi connectivity index (χ0) is 25.1. The molecule has 1 amide bonds. The first-order chi connectivity index (χ1) is 15.3. The number of ether oxygens (including phenoxy) is 1. The molecule has 0 saturated carbocycles. The Hall–Kier alpha value is -3.52. The summed E-state index contributed by atoms with van der Waals surface area (Å²) in [4.78, 5) is 25.7. The van der Waals surface area contributed by atoms with Gasteiger partial charge in [-0.05, 0) is 69.4 Å². The molecular weight excluding hydrogens is 462 g/mol. The summed E-state index contributed by atoms with van der Waals surface area (Å²) in [6.07, 6.45) is -4.62. The molecule has 0 aliphatic rings. The SMILES string of the molecule is COC(=O)c1ccc(N(C(=S)N(C=O)c2ccc(C#N)c(C(F)(F)F)c2)C(C)(C)C)cc1F. The van der Waals surface area contributed by atoms with E-state index in [-0.39, 0.29) is 28.5 Å². The largest absolute Gasteiger partial charge is 0.465 e. The Balaban J connectivity index is 2.60. The van der Waals surface area contributed by atoms with Crippen LogP contribution in [0.2, 0.25) is 0 Å². The van der Waals surface area contributed by atoms with E-state index in [4.69, 9.17) is 17.5 Å². The smallest absolute Gasteiger partial charge is 0.417 e. The standard InChI is InChI=1S/C22H19F4N3O3S/c1-21(2,3)29(15-7-8-16(18(23)10-15)19(31)32-4)20(33)28(12-30)14-6-5-13(11-27)17(9-14)22(24,25)26/h5-10,12H,1-4H3. The fourth-order valence-corrected chi connectivity index (χ4v) is 3.57. The van der Waals surface area contributed by atoms with Crippen molar-refractivity contribution in [3.8, 4) is 6.07 Å². The predicted molar refractivity (Wildman–Crippen MR) is 117 cm³/mol. The van der Waals surface area contributed by atoms with E-state index in [9.17, 15) is 27.2 Å². The quantitative estimate of drug-likeness (QED) is 0.263. The maximum absolute atomic E-state index is 14.6. The summed E-state index contributed by atoms with van der Waals surface area (Å²) < 4.78 is 59.3. The number of amides is 1. The van der Waals surface area contributed by atoms with Crippen LogP contribution in [0.4, 0.5) is 28.9 Å². The van der Waals surface area contributed by atoms with Gasteiger partial charge in [0.1, 0.15) is 5.82 Å². The second-order valence-corrected chi connectivity index (χ2v) is 8.12. The van der Waals surface area contributed by atoms with E-state index in [0.717, 1.165) is 30.2 Å². The second kappa shape index (κ2) is 9.54. The van der Waals surface area contributed by atoms with E-state index >= 15 is 0 Å². The predicted octanol–water partition coefficient (Wildman–Crippen LogP) is 5.06. The van der Waals surface area contributed by atoms with Crippen molar-refractivity contribution in [3.63, 3.8) is 0 Å². The van der Waals surface area contributed by atoms with E-state index in [1.807, 2.05) is 0 Å². The van der Waals surface area contributed by atoms with Gasteiger partial charge >= 0.3 is 12.1 Å². The van der Waals surface area contributed by atoms with Gasteiger partial charge in [0, 0.05) is 11.2 Å². The third kappa shape index (κ3) is 5.46. The summed E-state index contributed by atoms with van der Waals surface area (Å²) in [5.74, 6) is -1.80. The molecule has 174 valence electrons. The van der Waals surface area contributed by atoms with Crippen LogP contribution in [0, 0.1) is 17.1 Å². The first-order valence-electron chi connectivity index (χ1n) is 9.34. The average molecular weight is 481 g/mol. The zero-order valence-electron chi connectivity index (χ0n) is 18.0. The summed E-state index contributed by atoms with van der Waals surface area (Å²) in [7, 11) is 1.10. The molecule has 33 heavy (non-hydrogen) atoms. The number of halogens is 4. The Morgan fingerprint density at radius 3 is 2.18 bits per heavy atom. The highest BCUT2D eigenvalue weighted by molar-refractivity contribution is 7.80. The van der Waals surface area contributed by atoms with Gasteiger partial charge in [-0.25, -0.2) is 9.18 Å². The number of benzene rings is 2. The Labute approximate surface area is 193 Å². The minimum absolute atomic E-state index is 0.147. The van der Waals surface area contributed by atoms with Crippen molar-refractivity contribution in [2.75, 3.05) is 16.9 Å². The lowest BCUT2D eigenvalue weighted by atomic mass is 10.0. The number of nitriles is 1. The minimum Gasteiger partial charge on any atom is -0.465 e. The van der Waals surface area contributed by atoms with Crippen molar-refractivity contribution in [1.29, 1.82) is 5.26 Å². The van der Waals surface area contributed by atoms with Gasteiger partial charge in [0.25, 0.3) is 0 Å². The summed E-state index contributed by atoms with van der Waals surface area (Å²) >= 11 is 5.42. The lowest BCUT2D eigenvalue weighted by Crippen LogP contribution is -2.52. The van der Waals surface area contributed by atoms with Crippen LogP contribution in [0.5, 0.6) is 0 Å². The van der Waals surface area contributed by atoms with Crippen LogP contribution in [-0.4, -0.2) is 30.1 Å². The molecule has 2 aromatic rings. The summed E-state index contributed by atoms with van der Waals surface area (Å²) in [5.41, 5.74) is -3.12. The third-order valence-corrected chi connectivity index (χ3v) is 4.88. The maximum Gasteiger partial charge on any atom is 0.417 e. The number of carbonyl (C=O) groups is 2. The van der Waals surface area contributed by atoms with Crippen LogP contribution in [0.1, 0.15) is 42.3 Å². The Bertz CT molecular complexity index is 1140. The lowest BCUT2D eigenvalue weighted by Gasteiger charge is -2.40. The van der Waals surface area contributed by atoms with Crippen LogP contribution in [0.15, 0.2) is 36.4 Å². The number of rotatable bonds is 4. The molecule has 0 fully saturated rings. The van der Waals surface area contributed by atoms with E-state index in [1.165, 1.54) is 23.1 Å². The van der Waals surface area contributed by atoms with Crippen LogP contribution >= 0.6 is 12.2 Å². The van der Waals surface area contributed by atoms with E-state index in [0.29, 0.717) is 6.07 Å². The third-order valence-electron chi connectivity index (χ3n) is 4.50. The molecule has 11 heteroatoms. The topological polar surface area (TPSA) is 73.6 Å². The lowest BCUT2D eigenvalue weighted by molar-refractivity contribution is -0.137. The number of anilines is 2. The van der Waals surface area contributed by atoms with Gasteiger partial charge in [0.2, 0.25) is 6.41 Å². The molecule has 0 aliphatic carbocycles. The number of carbonyl (C=O) groups excluding carboxylic acids is 2. The van der Waals surface area contributed by atoms with Gasteiger partial charge in [-0.2, -0.15) is 18.4 Å². The van der Waals surface area contributed by atoms with Crippen LogP contribution in [-0.2, 0) is 15.7 Å². The fourth-order valence-electron chi connectivity index (χ4n) is 3.04. The number of hydrogen-bond acceptors (Lipinski definition) is 5. The Morgan fingerprint density at radius 1 is 1.12 bits per heavy atom. The number of esters is 1. The molecule has 0 aliphatic heterocycles. The molecule has 2 aromatic carbocycles. The second-order valence-electron chi connectivity index (χ2n) is 7.76. The molecule has 2 rings (SSSR count). The molecule has 6 nitrogen and oxygen atoms in total. The van der Waals surface area contributed by atoms with Gasteiger partial charge in [0.05, 0.1) is 35.6 Å². The normalized spacial score (nSPS) is 11.4. The Morgan fingerprint density at radius 2 is 1.73 bits per heavy atom. The Kier molecular flexibility index (Phi) is 7.44. The highest BCUT2D eigenvalue weighted by Crippen LogP contribution is 2.35. The van der Waals surface area contributed by atoms with E-state index < -0.39 is 34.6 Å². The van der Waals surface area contributed by atoms with Gasteiger partial charge < -0.3 is 9.64 Å². The van der Waals surface area contributed by atoms with Crippen LogP contribution < -0.4 is 9.80 Å². The van der Waals surface area contributed by atoms with Crippen LogP contribution in [0.25, 0.3) is 0 Å². The van der Waals surface area contributed by atoms with Crippen molar-refractivity contribution in [2.24, 2.45) is 0 Å². The fraction of sp³-hybridized carbons (Fsp3) is 0.273. The zero-order valence-corrected chi connectivity index (χ0v) is 18.8. The monoisotopic (exact) mass is 481 g/mol. The summed E-state index contributed by atoms with van der Waals surface area (Å²) in [6, 6.07) is 7.74.